The number of rotatable bonds is 2. The van der Waals surface area contributed by atoms with Crippen molar-refractivity contribution in [1.29, 1.82) is 5.26 Å². The number of ketones is 1. The van der Waals surface area contributed by atoms with Gasteiger partial charge in [-0.1, -0.05) is 24.3 Å². The quantitative estimate of drug-likeness (QED) is 0.617. The molecule has 0 atom stereocenters. The van der Waals surface area contributed by atoms with Crippen molar-refractivity contribution in [2.75, 3.05) is 0 Å². The molecule has 0 spiro atoms. The van der Waals surface area contributed by atoms with Gasteiger partial charge in [-0.05, 0) is 12.5 Å². The molecule has 2 heteroatoms. The fourth-order valence-electron chi connectivity index (χ4n) is 0.865. The summed E-state index contributed by atoms with van der Waals surface area (Å²) < 4.78 is 0. The Kier molecular flexibility index (Phi) is 2.60. The summed E-state index contributed by atoms with van der Waals surface area (Å²) in [6.07, 6.45) is -0.0590. The highest BCUT2D eigenvalue weighted by atomic mass is 16.1. The third-order valence-electron chi connectivity index (χ3n) is 1.52. The molecule has 0 N–H and O–H groups in total. The lowest BCUT2D eigenvalue weighted by atomic mass is 10.1. The van der Waals surface area contributed by atoms with Crippen LogP contribution in [0.5, 0.6) is 0 Å². The molecule has 1 rings (SSSR count). The van der Waals surface area contributed by atoms with E-state index in [1.165, 1.54) is 0 Å². The van der Waals surface area contributed by atoms with Crippen LogP contribution in [-0.4, -0.2) is 5.78 Å². The van der Waals surface area contributed by atoms with Gasteiger partial charge in [0.1, 0.15) is 0 Å². The van der Waals surface area contributed by atoms with Gasteiger partial charge in [-0.15, -0.1) is 0 Å². The second-order valence-corrected chi connectivity index (χ2v) is 2.45. The van der Waals surface area contributed by atoms with E-state index in [2.05, 4.69) is 6.92 Å². The molecule has 1 aromatic carbocycles. The van der Waals surface area contributed by atoms with Crippen LogP contribution in [-0.2, 0) is 0 Å². The van der Waals surface area contributed by atoms with E-state index < -0.39 is 0 Å². The summed E-state index contributed by atoms with van der Waals surface area (Å²) in [5.74, 6) is -0.141. The van der Waals surface area contributed by atoms with Crippen molar-refractivity contribution in [2.45, 2.75) is 6.42 Å². The van der Waals surface area contributed by atoms with E-state index in [0.29, 0.717) is 5.56 Å². The molecule has 0 aliphatic carbocycles. The maximum Gasteiger partial charge on any atom is 0.176 e. The van der Waals surface area contributed by atoms with Gasteiger partial charge in [0.15, 0.2) is 5.78 Å². The Hall–Kier alpha value is -1.62. The molecule has 0 aliphatic rings. The summed E-state index contributed by atoms with van der Waals surface area (Å²) in [6, 6.07) is 8.69. The molecule has 0 heterocycles. The van der Waals surface area contributed by atoms with Crippen molar-refractivity contribution in [3.05, 3.63) is 42.3 Å². The largest absolute Gasteiger partial charge is 0.293 e. The molecular formula is C10H8NO. The first-order valence-corrected chi connectivity index (χ1v) is 3.56. The van der Waals surface area contributed by atoms with Gasteiger partial charge in [0.05, 0.1) is 12.5 Å². The van der Waals surface area contributed by atoms with Gasteiger partial charge in [-0.2, -0.15) is 5.26 Å². The van der Waals surface area contributed by atoms with E-state index >= 15 is 0 Å². The third-order valence-corrected chi connectivity index (χ3v) is 1.52. The summed E-state index contributed by atoms with van der Waals surface area (Å²) in [5.41, 5.74) is 1.44. The lowest BCUT2D eigenvalue weighted by Crippen LogP contribution is -1.96. The van der Waals surface area contributed by atoms with Gasteiger partial charge < -0.3 is 0 Å². The standard InChI is InChI=1S/C10H8NO/c1-8-2-4-9(5-3-8)10(12)6-7-11/h2-5H,1,6H2. The summed E-state index contributed by atoms with van der Waals surface area (Å²) >= 11 is 0. The molecule has 0 aliphatic heterocycles. The number of hydrogen-bond donors (Lipinski definition) is 0. The van der Waals surface area contributed by atoms with E-state index in [1.807, 2.05) is 6.07 Å². The topological polar surface area (TPSA) is 40.9 Å². The lowest BCUT2D eigenvalue weighted by Gasteiger charge is -1.95. The molecule has 59 valence electrons. The average molecular weight is 158 g/mol. The van der Waals surface area contributed by atoms with E-state index in [0.717, 1.165) is 5.56 Å². The molecule has 0 bridgehead atoms. The van der Waals surface area contributed by atoms with E-state index in [4.69, 9.17) is 5.26 Å². The van der Waals surface area contributed by atoms with E-state index in [9.17, 15) is 4.79 Å². The van der Waals surface area contributed by atoms with E-state index in [1.54, 1.807) is 24.3 Å². The second kappa shape index (κ2) is 3.68. The molecule has 0 saturated carbocycles. The van der Waals surface area contributed by atoms with Crippen molar-refractivity contribution >= 4 is 5.78 Å². The molecule has 0 aromatic heterocycles. The Labute approximate surface area is 71.4 Å². The molecule has 2 nitrogen and oxygen atoms in total. The third kappa shape index (κ3) is 1.93. The molecule has 0 unspecified atom stereocenters. The number of carbonyl (C=O) groups excluding carboxylic acids is 1. The summed E-state index contributed by atoms with van der Waals surface area (Å²) in [7, 11) is 0. The van der Waals surface area contributed by atoms with Gasteiger partial charge in [0.2, 0.25) is 0 Å². The minimum atomic E-state index is -0.141. The van der Waals surface area contributed by atoms with Crippen molar-refractivity contribution in [2.24, 2.45) is 0 Å². The van der Waals surface area contributed by atoms with Gasteiger partial charge in [0, 0.05) is 5.56 Å². The van der Waals surface area contributed by atoms with Crippen LogP contribution in [0.25, 0.3) is 0 Å². The number of carbonyl (C=O) groups is 1. The number of benzene rings is 1. The molecular weight excluding hydrogens is 150 g/mol. The predicted octanol–water partition coefficient (Wildman–Crippen LogP) is 1.97. The Morgan fingerprint density at radius 1 is 1.42 bits per heavy atom. The molecule has 1 radical (unpaired) electrons. The summed E-state index contributed by atoms with van der Waals surface area (Å²) in [5, 5.41) is 8.27. The van der Waals surface area contributed by atoms with Crippen LogP contribution in [0.3, 0.4) is 0 Å². The number of nitrogens with zero attached hydrogens (tertiary/aromatic N) is 1. The zero-order valence-electron chi connectivity index (χ0n) is 6.58. The maximum absolute atomic E-state index is 11.1. The van der Waals surface area contributed by atoms with Crippen molar-refractivity contribution in [1.82, 2.24) is 0 Å². The van der Waals surface area contributed by atoms with E-state index in [-0.39, 0.29) is 12.2 Å². The first-order valence-electron chi connectivity index (χ1n) is 3.56. The number of nitriles is 1. The van der Waals surface area contributed by atoms with Crippen LogP contribution in [0.1, 0.15) is 22.3 Å². The molecule has 0 fully saturated rings. The van der Waals surface area contributed by atoms with Gasteiger partial charge in [-0.25, -0.2) is 0 Å². The van der Waals surface area contributed by atoms with Gasteiger partial charge in [-0.3, -0.25) is 4.79 Å². The first-order chi connectivity index (χ1) is 5.74. The Balaban J connectivity index is 2.84. The Bertz CT molecular complexity index is 319. The fourth-order valence-corrected chi connectivity index (χ4v) is 0.865. The lowest BCUT2D eigenvalue weighted by molar-refractivity contribution is 0.0998. The first kappa shape index (κ1) is 8.48. The monoisotopic (exact) mass is 158 g/mol. The van der Waals surface area contributed by atoms with Crippen LogP contribution < -0.4 is 0 Å². The van der Waals surface area contributed by atoms with Crippen molar-refractivity contribution in [3.63, 3.8) is 0 Å². The highest BCUT2D eigenvalue weighted by molar-refractivity contribution is 5.97. The van der Waals surface area contributed by atoms with Crippen LogP contribution in [0.2, 0.25) is 0 Å². The van der Waals surface area contributed by atoms with Crippen LogP contribution in [0, 0.1) is 18.3 Å². The summed E-state index contributed by atoms with van der Waals surface area (Å²) in [4.78, 5) is 11.1. The van der Waals surface area contributed by atoms with Crippen molar-refractivity contribution in [3.8, 4) is 6.07 Å². The predicted molar refractivity (Wildman–Crippen MR) is 45.5 cm³/mol. The highest BCUT2D eigenvalue weighted by Crippen LogP contribution is 2.05. The molecule has 0 amide bonds. The Morgan fingerprint density at radius 3 is 2.50 bits per heavy atom. The summed E-state index contributed by atoms with van der Waals surface area (Å²) in [6.45, 7) is 3.69. The molecule has 0 saturated heterocycles. The van der Waals surface area contributed by atoms with Crippen LogP contribution >= 0.6 is 0 Å². The minimum absolute atomic E-state index is 0.0590. The fraction of sp³-hybridized carbons (Fsp3) is 0.100. The Morgan fingerprint density at radius 2 is 2.00 bits per heavy atom. The number of Topliss-reactive ketones (excluding diaryl/α,β-unsaturated/α-hetero) is 1. The molecule has 1 aromatic rings. The average Bonchev–Trinajstić information content (AvgIpc) is 2.06. The zero-order valence-corrected chi connectivity index (χ0v) is 6.58. The van der Waals surface area contributed by atoms with Crippen LogP contribution in [0.15, 0.2) is 24.3 Å². The second-order valence-electron chi connectivity index (χ2n) is 2.45. The smallest absolute Gasteiger partial charge is 0.176 e. The van der Waals surface area contributed by atoms with Crippen LogP contribution in [0.4, 0.5) is 0 Å². The normalized spacial score (nSPS) is 9.00. The SMILES string of the molecule is [CH2]c1ccc(C(=O)CC#N)cc1. The highest BCUT2D eigenvalue weighted by Gasteiger charge is 2.02. The number of hydrogen-bond acceptors (Lipinski definition) is 2. The van der Waals surface area contributed by atoms with Gasteiger partial charge in [0.25, 0.3) is 0 Å². The van der Waals surface area contributed by atoms with Crippen molar-refractivity contribution < 1.29 is 4.79 Å². The zero-order chi connectivity index (χ0) is 8.97. The molecule has 12 heavy (non-hydrogen) atoms. The van der Waals surface area contributed by atoms with Gasteiger partial charge >= 0.3 is 0 Å². The maximum atomic E-state index is 11.1. The minimum Gasteiger partial charge on any atom is -0.293 e.